The van der Waals surface area contributed by atoms with Crippen LogP contribution >= 0.6 is 0 Å². The summed E-state index contributed by atoms with van der Waals surface area (Å²) in [6, 6.07) is 0. The summed E-state index contributed by atoms with van der Waals surface area (Å²) in [5, 5.41) is 7.22. The third-order valence-corrected chi connectivity index (χ3v) is 0.854. The number of rotatable bonds is 0. The highest BCUT2D eigenvalue weighted by atomic mass is 27.0. The van der Waals surface area contributed by atoms with E-state index >= 15 is 0 Å². The Morgan fingerprint density at radius 2 is 2.29 bits per heavy atom. The molecule has 0 aliphatic carbocycles. The smallest absolute Gasteiger partial charge is 0.323 e. The van der Waals surface area contributed by atoms with Gasteiger partial charge in [0.2, 0.25) is 5.89 Å². The fourth-order valence-corrected chi connectivity index (χ4v) is 0.617. The van der Waals surface area contributed by atoms with E-state index in [0.29, 0.717) is 10.6 Å². The fraction of sp³-hybridized carbons (Fsp3) is 0.333. The molecule has 0 aromatic carbocycles. The molecule has 1 heterocycles. The number of hydrogen-bond donors (Lipinski definition) is 0. The van der Waals surface area contributed by atoms with Crippen molar-refractivity contribution in [3.63, 3.8) is 0 Å². The van der Waals surface area contributed by atoms with E-state index in [4.69, 9.17) is 4.42 Å². The Morgan fingerprint density at radius 3 is 2.43 bits per heavy atom. The first kappa shape index (κ1) is 4.82. The van der Waals surface area contributed by atoms with E-state index in [-0.39, 0.29) is 0 Å². The van der Waals surface area contributed by atoms with Gasteiger partial charge in [-0.2, -0.15) is 0 Å². The summed E-state index contributed by atoms with van der Waals surface area (Å²) in [7, 11) is 0. The molecule has 35 valence electrons. The summed E-state index contributed by atoms with van der Waals surface area (Å²) in [4.78, 5) is 0. The lowest BCUT2D eigenvalue weighted by molar-refractivity contribution is 0.549. The predicted octanol–water partition coefficient (Wildman–Crippen LogP) is -1.10. The van der Waals surface area contributed by atoms with Gasteiger partial charge in [0.05, 0.1) is 0 Å². The average molecular weight is 111 g/mol. The maximum atomic E-state index is 4.87. The van der Waals surface area contributed by atoms with Gasteiger partial charge in [-0.15, -0.1) is 10.2 Å². The first-order chi connectivity index (χ1) is 3.29. The second kappa shape index (κ2) is 1.65. The maximum Gasteiger partial charge on any atom is 0.323 e. The zero-order chi connectivity index (χ0) is 5.28. The minimum absolute atomic E-state index is 0.630. The lowest BCUT2D eigenvalue weighted by atomic mass is 10.8. The lowest BCUT2D eigenvalue weighted by Gasteiger charge is -1.71. The van der Waals surface area contributed by atoms with E-state index in [1.807, 2.05) is 0 Å². The highest BCUT2D eigenvalue weighted by molar-refractivity contribution is 6.27. The average Bonchev–Trinajstić information content (AvgIpc) is 1.87. The van der Waals surface area contributed by atoms with E-state index in [2.05, 4.69) is 10.2 Å². The molecule has 3 nitrogen and oxygen atoms in total. The third-order valence-electron chi connectivity index (χ3n) is 0.568. The zero-order valence-electron chi connectivity index (χ0n) is 4.01. The van der Waals surface area contributed by atoms with Crippen LogP contribution in [0.15, 0.2) is 4.42 Å². The van der Waals surface area contributed by atoms with E-state index < -0.39 is 0 Å². The van der Waals surface area contributed by atoms with Gasteiger partial charge >= 0.3 is 16.3 Å². The van der Waals surface area contributed by atoms with Crippen molar-refractivity contribution in [1.29, 1.82) is 0 Å². The Hall–Kier alpha value is -0.328. The molecule has 0 aliphatic heterocycles. The van der Waals surface area contributed by atoms with Gasteiger partial charge in [-0.25, -0.2) is 0 Å². The molecular weight excluding hydrogens is 107 g/mol. The van der Waals surface area contributed by atoms with E-state index in [9.17, 15) is 0 Å². The van der Waals surface area contributed by atoms with Gasteiger partial charge in [0.1, 0.15) is 4.75 Å². The number of aryl methyl sites for hydroxylation is 1. The summed E-state index contributed by atoms with van der Waals surface area (Å²) in [6.07, 6.45) is 0. The Bertz CT molecular complexity index is 145. The number of aromatic nitrogens is 2. The molecule has 0 aliphatic rings. The standard InChI is InChI=1S/C3H3N2O.Al.H/c1-3-5-4-2-6-3;;/h1H3;;. The van der Waals surface area contributed by atoms with E-state index in [0.717, 1.165) is 0 Å². The van der Waals surface area contributed by atoms with Crippen molar-refractivity contribution in [1.82, 2.24) is 10.2 Å². The third kappa shape index (κ3) is 1.02. The van der Waals surface area contributed by atoms with Crippen LogP contribution in [0.4, 0.5) is 0 Å². The van der Waals surface area contributed by atoms with Crippen LogP contribution in [0, 0.1) is 6.92 Å². The predicted molar refractivity (Wildman–Crippen MR) is 25.8 cm³/mol. The van der Waals surface area contributed by atoms with Gasteiger partial charge in [-0.3, -0.25) is 0 Å². The Balaban J connectivity index is 3.04. The molecule has 0 saturated heterocycles. The topological polar surface area (TPSA) is 38.9 Å². The molecule has 0 atom stereocenters. The van der Waals surface area contributed by atoms with E-state index in [1.54, 1.807) is 23.2 Å². The van der Waals surface area contributed by atoms with Gasteiger partial charge in [0.25, 0.3) is 0 Å². The van der Waals surface area contributed by atoms with Crippen LogP contribution in [-0.4, -0.2) is 26.5 Å². The van der Waals surface area contributed by atoms with Crippen molar-refractivity contribution >= 4 is 21.0 Å². The maximum absolute atomic E-state index is 4.87. The SMILES string of the molecule is Cc1nn[c]([AlH])o1. The van der Waals surface area contributed by atoms with Crippen molar-refractivity contribution in [3.8, 4) is 0 Å². The number of nitrogens with zero attached hydrogens (tertiary/aromatic N) is 2. The molecule has 1 rings (SSSR count). The number of hydrogen-bond acceptors (Lipinski definition) is 3. The highest BCUT2D eigenvalue weighted by Crippen LogP contribution is 1.79. The Kier molecular flexibility index (Phi) is 1.13. The molecule has 0 unspecified atom stereocenters. The first-order valence-electron chi connectivity index (χ1n) is 1.91. The van der Waals surface area contributed by atoms with E-state index in [1.165, 1.54) is 0 Å². The monoisotopic (exact) mass is 111 g/mol. The molecule has 1 aromatic heterocycles. The van der Waals surface area contributed by atoms with Crippen molar-refractivity contribution in [2.24, 2.45) is 0 Å². The first-order valence-corrected chi connectivity index (χ1v) is 2.62. The highest BCUT2D eigenvalue weighted by Gasteiger charge is 1.88. The van der Waals surface area contributed by atoms with Crippen molar-refractivity contribution in [3.05, 3.63) is 5.89 Å². The normalized spacial score (nSPS) is 9.29. The molecule has 0 fully saturated rings. The van der Waals surface area contributed by atoms with Gasteiger partial charge in [-0.1, -0.05) is 0 Å². The second-order valence-corrected chi connectivity index (χ2v) is 1.82. The van der Waals surface area contributed by atoms with Gasteiger partial charge in [0, 0.05) is 6.92 Å². The molecule has 0 bridgehead atoms. The summed E-state index contributed by atoms with van der Waals surface area (Å²) >= 11 is 1.58. The van der Waals surface area contributed by atoms with Crippen LogP contribution in [0.5, 0.6) is 0 Å². The quantitative estimate of drug-likeness (QED) is 0.399. The largest absolute Gasteiger partial charge is 0.447 e. The second-order valence-electron chi connectivity index (χ2n) is 1.21. The van der Waals surface area contributed by atoms with Crippen LogP contribution in [0.1, 0.15) is 5.89 Å². The molecule has 0 spiro atoms. The molecule has 0 saturated carbocycles. The van der Waals surface area contributed by atoms with Crippen LogP contribution in [0.3, 0.4) is 0 Å². The molecule has 0 N–H and O–H groups in total. The molecule has 1 radical (unpaired) electrons. The van der Waals surface area contributed by atoms with Crippen LogP contribution in [0.2, 0.25) is 0 Å². The summed E-state index contributed by atoms with van der Waals surface area (Å²) in [5.74, 6) is 0.630. The minimum atomic E-state index is 0.630. The summed E-state index contributed by atoms with van der Waals surface area (Å²) in [6.45, 7) is 1.77. The molecule has 7 heavy (non-hydrogen) atoms. The lowest BCUT2D eigenvalue weighted by Crippen LogP contribution is -2.00. The Labute approximate surface area is 49.2 Å². The van der Waals surface area contributed by atoms with Crippen molar-refractivity contribution < 1.29 is 4.42 Å². The van der Waals surface area contributed by atoms with Crippen LogP contribution in [-0.2, 0) is 0 Å². The molecule has 4 heteroatoms. The van der Waals surface area contributed by atoms with Gasteiger partial charge < -0.3 is 4.42 Å². The summed E-state index contributed by atoms with van der Waals surface area (Å²) in [5.41, 5.74) is 0. The summed E-state index contributed by atoms with van der Waals surface area (Å²) < 4.78 is 5.52. The zero-order valence-corrected chi connectivity index (χ0v) is 5.42. The van der Waals surface area contributed by atoms with Gasteiger partial charge in [-0.05, 0) is 0 Å². The molecular formula is C3H4AlN2O. The minimum Gasteiger partial charge on any atom is -0.447 e. The Morgan fingerprint density at radius 1 is 1.57 bits per heavy atom. The fourth-order valence-electron chi connectivity index (χ4n) is 0.338. The van der Waals surface area contributed by atoms with Gasteiger partial charge in [0.15, 0.2) is 0 Å². The molecule has 1 aromatic rings. The van der Waals surface area contributed by atoms with Crippen LogP contribution in [0.25, 0.3) is 0 Å². The molecule has 0 amide bonds. The van der Waals surface area contributed by atoms with Crippen molar-refractivity contribution in [2.45, 2.75) is 6.92 Å². The van der Waals surface area contributed by atoms with Crippen molar-refractivity contribution in [2.75, 3.05) is 0 Å². The van der Waals surface area contributed by atoms with Crippen LogP contribution < -0.4 is 4.75 Å².